The number of likely N-dealkylation sites (tertiary alicyclic amines) is 1. The first-order chi connectivity index (χ1) is 14.1. The molecular weight excluding hydrogens is 394 g/mol. The van der Waals surface area contributed by atoms with E-state index in [1.807, 2.05) is 30.7 Å². The Morgan fingerprint density at radius 1 is 1.21 bits per heavy atom. The van der Waals surface area contributed by atoms with Crippen LogP contribution in [0, 0.1) is 0 Å². The first kappa shape index (κ1) is 20.0. The molecule has 0 unspecified atom stereocenters. The first-order valence-electron chi connectivity index (χ1n) is 10.1. The van der Waals surface area contributed by atoms with Crippen LogP contribution in [-0.2, 0) is 6.54 Å². The van der Waals surface area contributed by atoms with E-state index in [0.717, 1.165) is 43.8 Å². The van der Waals surface area contributed by atoms with Crippen molar-refractivity contribution in [1.29, 1.82) is 0 Å². The number of halogens is 1. The van der Waals surface area contributed by atoms with E-state index in [2.05, 4.69) is 15.2 Å². The number of rotatable bonds is 6. The number of amides is 1. The molecule has 2 aliphatic heterocycles. The lowest BCUT2D eigenvalue weighted by Crippen LogP contribution is -2.34. The number of nitrogens with zero attached hydrogens (tertiary/aromatic N) is 5. The van der Waals surface area contributed by atoms with Crippen LogP contribution >= 0.6 is 11.6 Å². The fourth-order valence-electron chi connectivity index (χ4n) is 3.89. The van der Waals surface area contributed by atoms with E-state index in [0.29, 0.717) is 29.6 Å². The van der Waals surface area contributed by atoms with Gasteiger partial charge in [-0.3, -0.25) is 9.69 Å². The number of piperidine rings is 1. The van der Waals surface area contributed by atoms with Gasteiger partial charge in [0, 0.05) is 43.8 Å². The van der Waals surface area contributed by atoms with Gasteiger partial charge in [-0.25, -0.2) is 4.68 Å². The Kier molecular flexibility index (Phi) is 5.91. The van der Waals surface area contributed by atoms with E-state index in [-0.39, 0.29) is 18.7 Å². The number of carbonyl (C=O) groups is 1. The SMILES string of the molecule is CCN(CC)C(=O)c1cn(C2CCN(Cc3cc4c(cc3Cl)OCO4)CC2)nn1. The van der Waals surface area contributed by atoms with Crippen molar-refractivity contribution in [3.8, 4) is 11.5 Å². The summed E-state index contributed by atoms with van der Waals surface area (Å²) in [5, 5.41) is 9.03. The van der Waals surface area contributed by atoms with Crippen LogP contribution in [0.25, 0.3) is 0 Å². The summed E-state index contributed by atoms with van der Waals surface area (Å²) in [6.07, 6.45) is 3.69. The highest BCUT2D eigenvalue weighted by atomic mass is 35.5. The van der Waals surface area contributed by atoms with E-state index >= 15 is 0 Å². The van der Waals surface area contributed by atoms with E-state index < -0.39 is 0 Å². The summed E-state index contributed by atoms with van der Waals surface area (Å²) in [6, 6.07) is 4.05. The molecule has 156 valence electrons. The van der Waals surface area contributed by atoms with Gasteiger partial charge in [-0.15, -0.1) is 5.10 Å². The summed E-state index contributed by atoms with van der Waals surface area (Å²) in [5.41, 5.74) is 1.46. The number of hydrogen-bond acceptors (Lipinski definition) is 6. The van der Waals surface area contributed by atoms with Gasteiger partial charge in [0.15, 0.2) is 17.2 Å². The van der Waals surface area contributed by atoms with Crippen molar-refractivity contribution in [3.05, 3.63) is 34.6 Å². The smallest absolute Gasteiger partial charge is 0.276 e. The molecule has 0 bridgehead atoms. The number of ether oxygens (including phenoxy) is 2. The van der Waals surface area contributed by atoms with Gasteiger partial charge in [-0.05, 0) is 38.3 Å². The Morgan fingerprint density at radius 3 is 2.59 bits per heavy atom. The molecule has 29 heavy (non-hydrogen) atoms. The quantitative estimate of drug-likeness (QED) is 0.716. The molecule has 1 aromatic carbocycles. The summed E-state index contributed by atoms with van der Waals surface area (Å²) in [6.45, 7) is 8.14. The van der Waals surface area contributed by atoms with Crippen LogP contribution in [-0.4, -0.2) is 63.7 Å². The van der Waals surface area contributed by atoms with Crippen molar-refractivity contribution in [3.63, 3.8) is 0 Å². The van der Waals surface area contributed by atoms with Crippen LogP contribution in [0.5, 0.6) is 11.5 Å². The van der Waals surface area contributed by atoms with Crippen molar-refractivity contribution >= 4 is 17.5 Å². The van der Waals surface area contributed by atoms with Crippen molar-refractivity contribution in [2.45, 2.75) is 39.3 Å². The zero-order chi connectivity index (χ0) is 20.4. The Morgan fingerprint density at radius 2 is 1.90 bits per heavy atom. The summed E-state index contributed by atoms with van der Waals surface area (Å²) in [5.74, 6) is 1.40. The summed E-state index contributed by atoms with van der Waals surface area (Å²) in [4.78, 5) is 16.6. The molecule has 0 spiro atoms. The maximum absolute atomic E-state index is 12.4. The van der Waals surface area contributed by atoms with E-state index in [9.17, 15) is 4.79 Å². The molecule has 4 rings (SSSR count). The fourth-order valence-corrected chi connectivity index (χ4v) is 4.10. The predicted octanol–water partition coefficient (Wildman–Crippen LogP) is 2.98. The van der Waals surface area contributed by atoms with E-state index in [4.69, 9.17) is 21.1 Å². The number of hydrogen-bond donors (Lipinski definition) is 0. The largest absolute Gasteiger partial charge is 0.454 e. The maximum atomic E-state index is 12.4. The summed E-state index contributed by atoms with van der Waals surface area (Å²) < 4.78 is 12.7. The van der Waals surface area contributed by atoms with Crippen LogP contribution < -0.4 is 9.47 Å². The number of fused-ring (bicyclic) bond motifs is 1. The standard InChI is InChI=1S/C20H26ClN5O3/c1-3-25(4-2)20(27)17-12-26(23-22-17)15-5-7-24(8-6-15)11-14-9-18-19(10-16(14)21)29-13-28-18/h9-10,12,15H,3-8,11,13H2,1-2H3. The van der Waals surface area contributed by atoms with Crippen LogP contribution in [0.15, 0.2) is 18.3 Å². The second-order valence-corrected chi connectivity index (χ2v) is 7.77. The molecule has 0 atom stereocenters. The monoisotopic (exact) mass is 419 g/mol. The normalized spacial score (nSPS) is 16.9. The van der Waals surface area contributed by atoms with Crippen molar-refractivity contribution in [2.24, 2.45) is 0 Å². The maximum Gasteiger partial charge on any atom is 0.276 e. The minimum atomic E-state index is -0.0591. The molecule has 0 radical (unpaired) electrons. The highest BCUT2D eigenvalue weighted by molar-refractivity contribution is 6.31. The molecule has 0 aliphatic carbocycles. The van der Waals surface area contributed by atoms with Crippen LogP contribution in [0.4, 0.5) is 0 Å². The zero-order valence-corrected chi connectivity index (χ0v) is 17.6. The minimum Gasteiger partial charge on any atom is -0.454 e. The van der Waals surface area contributed by atoms with Crippen LogP contribution in [0.2, 0.25) is 5.02 Å². The van der Waals surface area contributed by atoms with Crippen molar-refractivity contribution in [2.75, 3.05) is 33.0 Å². The van der Waals surface area contributed by atoms with E-state index in [1.165, 1.54) is 0 Å². The third kappa shape index (κ3) is 4.18. The summed E-state index contributed by atoms with van der Waals surface area (Å²) >= 11 is 6.41. The van der Waals surface area contributed by atoms with Gasteiger partial charge in [0.2, 0.25) is 6.79 Å². The van der Waals surface area contributed by atoms with Gasteiger partial charge in [0.05, 0.1) is 12.2 Å². The minimum absolute atomic E-state index is 0.0591. The van der Waals surface area contributed by atoms with Gasteiger partial charge >= 0.3 is 0 Å². The number of benzene rings is 1. The summed E-state index contributed by atoms with van der Waals surface area (Å²) in [7, 11) is 0. The first-order valence-corrected chi connectivity index (χ1v) is 10.5. The molecule has 1 aromatic heterocycles. The fraction of sp³-hybridized carbons (Fsp3) is 0.550. The molecule has 9 heteroatoms. The number of aromatic nitrogens is 3. The van der Waals surface area contributed by atoms with Gasteiger partial charge in [-0.1, -0.05) is 16.8 Å². The van der Waals surface area contributed by atoms with Gasteiger partial charge < -0.3 is 14.4 Å². The molecule has 1 fully saturated rings. The lowest BCUT2D eigenvalue weighted by atomic mass is 10.0. The molecule has 3 heterocycles. The van der Waals surface area contributed by atoms with Crippen LogP contribution in [0.1, 0.15) is 48.8 Å². The van der Waals surface area contributed by atoms with Crippen molar-refractivity contribution in [1.82, 2.24) is 24.8 Å². The molecule has 1 amide bonds. The highest BCUT2D eigenvalue weighted by Crippen LogP contribution is 2.37. The molecule has 1 saturated heterocycles. The Hall–Kier alpha value is -2.32. The third-order valence-electron chi connectivity index (χ3n) is 5.65. The van der Waals surface area contributed by atoms with Gasteiger partial charge in [0.25, 0.3) is 5.91 Å². The molecule has 2 aromatic rings. The second kappa shape index (κ2) is 8.59. The Bertz CT molecular complexity index is 875. The van der Waals surface area contributed by atoms with Gasteiger partial charge in [0.1, 0.15) is 0 Å². The van der Waals surface area contributed by atoms with Crippen molar-refractivity contribution < 1.29 is 14.3 Å². The van der Waals surface area contributed by atoms with Crippen LogP contribution in [0.3, 0.4) is 0 Å². The topological polar surface area (TPSA) is 72.7 Å². The van der Waals surface area contributed by atoms with E-state index in [1.54, 1.807) is 11.1 Å². The Balaban J connectivity index is 1.35. The average molecular weight is 420 g/mol. The highest BCUT2D eigenvalue weighted by Gasteiger charge is 2.25. The zero-order valence-electron chi connectivity index (χ0n) is 16.8. The third-order valence-corrected chi connectivity index (χ3v) is 6.00. The van der Waals surface area contributed by atoms with Gasteiger partial charge in [-0.2, -0.15) is 0 Å². The lowest BCUT2D eigenvalue weighted by molar-refractivity contribution is 0.0767. The molecule has 0 saturated carbocycles. The molecule has 0 N–H and O–H groups in total. The Labute approximate surface area is 175 Å². The molecule has 8 nitrogen and oxygen atoms in total. The molecular formula is C20H26ClN5O3. The number of carbonyl (C=O) groups excluding carboxylic acids is 1. The second-order valence-electron chi connectivity index (χ2n) is 7.37. The molecule has 2 aliphatic rings. The average Bonchev–Trinajstić information content (AvgIpc) is 3.39. The predicted molar refractivity (Wildman–Crippen MR) is 108 cm³/mol. The lowest BCUT2D eigenvalue weighted by Gasteiger charge is -2.32.